The molecule has 7 heteroatoms. The van der Waals surface area contributed by atoms with Gasteiger partial charge in [-0.05, 0) is 32.9 Å². The Morgan fingerprint density at radius 2 is 2.00 bits per heavy atom. The molecule has 0 spiro atoms. The second-order valence-corrected chi connectivity index (χ2v) is 4.12. The molecule has 2 heterocycles. The maximum Gasteiger partial charge on any atom is 0.252 e. The van der Waals surface area contributed by atoms with E-state index in [-0.39, 0.29) is 24.8 Å². The summed E-state index contributed by atoms with van der Waals surface area (Å²) < 4.78 is 0. The van der Waals surface area contributed by atoms with Crippen LogP contribution in [0.5, 0.6) is 0 Å². The van der Waals surface area contributed by atoms with E-state index in [2.05, 4.69) is 15.3 Å². The highest BCUT2D eigenvalue weighted by atomic mass is 35.5. The topological polar surface area (TPSA) is 80.9 Å². The van der Waals surface area contributed by atoms with Crippen molar-refractivity contribution in [2.45, 2.75) is 25.7 Å². The van der Waals surface area contributed by atoms with Crippen LogP contribution < -0.4 is 11.1 Å². The molecule has 1 amide bonds. The van der Waals surface area contributed by atoms with Crippen LogP contribution in [0.15, 0.2) is 6.20 Å². The van der Waals surface area contributed by atoms with Crippen LogP contribution in [-0.2, 0) is 0 Å². The Bertz CT molecular complexity index is 408. The van der Waals surface area contributed by atoms with E-state index in [9.17, 15) is 4.79 Å². The molecule has 3 N–H and O–H groups in total. The zero-order valence-electron chi connectivity index (χ0n) is 10.2. The number of nitrogens with zero attached hydrogens (tertiary/aromatic N) is 2. The van der Waals surface area contributed by atoms with Gasteiger partial charge in [-0.25, -0.2) is 9.97 Å². The molecule has 2 rings (SSSR count). The van der Waals surface area contributed by atoms with Crippen molar-refractivity contribution in [2.75, 3.05) is 13.1 Å². The number of halogens is 2. The molecule has 0 radical (unpaired) electrons. The fourth-order valence-corrected chi connectivity index (χ4v) is 2.00. The number of carbonyl (C=O) groups excluding carboxylic acids is 1. The lowest BCUT2D eigenvalue weighted by Crippen LogP contribution is -2.28. The van der Waals surface area contributed by atoms with Crippen molar-refractivity contribution in [3.05, 3.63) is 23.3 Å². The molecule has 0 atom stereocenters. The largest absolute Gasteiger partial charge is 0.365 e. The van der Waals surface area contributed by atoms with Crippen LogP contribution in [-0.4, -0.2) is 29.0 Å². The van der Waals surface area contributed by atoms with Gasteiger partial charge in [-0.2, -0.15) is 0 Å². The average Bonchev–Trinajstić information content (AvgIpc) is 2.29. The van der Waals surface area contributed by atoms with Crippen LogP contribution in [0, 0.1) is 6.92 Å². The van der Waals surface area contributed by atoms with Crippen LogP contribution >= 0.6 is 24.8 Å². The third-order valence-corrected chi connectivity index (χ3v) is 2.97. The molecule has 1 aliphatic heterocycles. The van der Waals surface area contributed by atoms with Gasteiger partial charge in [-0.15, -0.1) is 24.8 Å². The van der Waals surface area contributed by atoms with Gasteiger partial charge in [-0.3, -0.25) is 4.79 Å². The fourth-order valence-electron chi connectivity index (χ4n) is 2.00. The molecule has 1 fully saturated rings. The van der Waals surface area contributed by atoms with Crippen molar-refractivity contribution in [3.8, 4) is 0 Å². The minimum atomic E-state index is -0.464. The first-order valence-electron chi connectivity index (χ1n) is 5.52. The third-order valence-electron chi connectivity index (χ3n) is 2.97. The van der Waals surface area contributed by atoms with E-state index < -0.39 is 5.91 Å². The SMILES string of the molecule is Cc1nc(C2CCNCC2)ncc1C(N)=O.Cl.Cl. The number of carbonyl (C=O) groups is 1. The van der Waals surface area contributed by atoms with E-state index in [1.165, 1.54) is 0 Å². The van der Waals surface area contributed by atoms with E-state index in [1.807, 2.05) is 0 Å². The van der Waals surface area contributed by atoms with Gasteiger partial charge in [0.1, 0.15) is 5.82 Å². The third kappa shape index (κ3) is 3.80. The fraction of sp³-hybridized carbons (Fsp3) is 0.545. The van der Waals surface area contributed by atoms with Gasteiger partial charge in [-0.1, -0.05) is 0 Å². The van der Waals surface area contributed by atoms with Crippen LogP contribution in [0.4, 0.5) is 0 Å². The summed E-state index contributed by atoms with van der Waals surface area (Å²) in [5.41, 5.74) is 6.31. The van der Waals surface area contributed by atoms with Gasteiger partial charge in [0.15, 0.2) is 0 Å². The second-order valence-electron chi connectivity index (χ2n) is 4.12. The number of amides is 1. The minimum Gasteiger partial charge on any atom is -0.365 e. The van der Waals surface area contributed by atoms with Crippen LogP contribution in [0.3, 0.4) is 0 Å². The number of primary amides is 1. The molecule has 0 aliphatic carbocycles. The van der Waals surface area contributed by atoms with Gasteiger partial charge in [0.25, 0.3) is 5.91 Å². The van der Waals surface area contributed by atoms with E-state index in [4.69, 9.17) is 5.73 Å². The number of aromatic nitrogens is 2. The highest BCUT2D eigenvalue weighted by Crippen LogP contribution is 2.22. The van der Waals surface area contributed by atoms with E-state index in [1.54, 1.807) is 13.1 Å². The Hall–Kier alpha value is -0.910. The van der Waals surface area contributed by atoms with Crippen molar-refractivity contribution in [2.24, 2.45) is 5.73 Å². The molecule has 1 aromatic heterocycles. The minimum absolute atomic E-state index is 0. The highest BCUT2D eigenvalue weighted by Gasteiger charge is 2.19. The van der Waals surface area contributed by atoms with E-state index in [0.29, 0.717) is 17.2 Å². The molecule has 0 aromatic carbocycles. The van der Waals surface area contributed by atoms with Crippen molar-refractivity contribution < 1.29 is 4.79 Å². The zero-order chi connectivity index (χ0) is 11.5. The summed E-state index contributed by atoms with van der Waals surface area (Å²) in [7, 11) is 0. The first-order chi connectivity index (χ1) is 7.68. The number of nitrogens with two attached hydrogens (primary N) is 1. The molecule has 102 valence electrons. The molecule has 1 aromatic rings. The summed E-state index contributed by atoms with van der Waals surface area (Å²) in [6, 6.07) is 0. The highest BCUT2D eigenvalue weighted by molar-refractivity contribution is 5.93. The Morgan fingerprint density at radius 1 is 1.39 bits per heavy atom. The number of hydrogen-bond donors (Lipinski definition) is 2. The first kappa shape index (κ1) is 17.1. The Morgan fingerprint density at radius 3 is 2.50 bits per heavy atom. The normalized spacial score (nSPS) is 15.4. The van der Waals surface area contributed by atoms with Crippen LogP contribution in [0.25, 0.3) is 0 Å². The molecular weight excluding hydrogens is 275 g/mol. The first-order valence-corrected chi connectivity index (χ1v) is 5.52. The number of nitrogens with one attached hydrogen (secondary N) is 1. The lowest BCUT2D eigenvalue weighted by molar-refractivity contribution is 0.0999. The average molecular weight is 293 g/mol. The van der Waals surface area contributed by atoms with Gasteiger partial charge >= 0.3 is 0 Å². The smallest absolute Gasteiger partial charge is 0.252 e. The van der Waals surface area contributed by atoms with Gasteiger partial charge < -0.3 is 11.1 Å². The Labute approximate surface area is 119 Å². The lowest BCUT2D eigenvalue weighted by atomic mass is 9.97. The number of rotatable bonds is 2. The molecule has 1 saturated heterocycles. The van der Waals surface area contributed by atoms with Gasteiger partial charge in [0.2, 0.25) is 0 Å². The number of aryl methyl sites for hydroxylation is 1. The lowest BCUT2D eigenvalue weighted by Gasteiger charge is -2.21. The van der Waals surface area contributed by atoms with Gasteiger partial charge in [0, 0.05) is 12.1 Å². The standard InChI is InChI=1S/C11H16N4O.2ClH/c1-7-9(10(12)16)6-14-11(15-7)8-2-4-13-5-3-8;;/h6,8,13H,2-5H2,1H3,(H2,12,16);2*1H. The molecule has 0 unspecified atom stereocenters. The summed E-state index contributed by atoms with van der Waals surface area (Å²) >= 11 is 0. The molecule has 0 saturated carbocycles. The molecular formula is C11H18Cl2N4O. The van der Waals surface area contributed by atoms with Gasteiger partial charge in [0.05, 0.1) is 11.3 Å². The summed E-state index contributed by atoms with van der Waals surface area (Å²) in [5.74, 6) is 0.778. The molecule has 0 bridgehead atoms. The van der Waals surface area contributed by atoms with E-state index in [0.717, 1.165) is 31.8 Å². The Kier molecular flexibility index (Phi) is 7.13. The maximum atomic E-state index is 11.0. The van der Waals surface area contributed by atoms with Crippen molar-refractivity contribution in [1.82, 2.24) is 15.3 Å². The second kappa shape index (κ2) is 7.51. The quantitative estimate of drug-likeness (QED) is 0.858. The Balaban J connectivity index is 0.00000144. The summed E-state index contributed by atoms with van der Waals surface area (Å²) in [5, 5.41) is 3.30. The van der Waals surface area contributed by atoms with Crippen molar-refractivity contribution in [3.63, 3.8) is 0 Å². The van der Waals surface area contributed by atoms with E-state index >= 15 is 0 Å². The molecule has 1 aliphatic rings. The molecule has 5 nitrogen and oxygen atoms in total. The predicted octanol–water partition coefficient (Wildman–Crippen LogP) is 1.19. The summed E-state index contributed by atoms with van der Waals surface area (Å²) in [6.45, 7) is 3.81. The van der Waals surface area contributed by atoms with Crippen molar-refractivity contribution in [1.29, 1.82) is 0 Å². The summed E-state index contributed by atoms with van der Waals surface area (Å²) in [6.07, 6.45) is 3.65. The monoisotopic (exact) mass is 292 g/mol. The number of piperidine rings is 1. The number of hydrogen-bond acceptors (Lipinski definition) is 4. The van der Waals surface area contributed by atoms with Crippen LogP contribution in [0.2, 0.25) is 0 Å². The van der Waals surface area contributed by atoms with Crippen LogP contribution in [0.1, 0.15) is 40.6 Å². The zero-order valence-corrected chi connectivity index (χ0v) is 11.8. The molecule has 18 heavy (non-hydrogen) atoms. The predicted molar refractivity (Wildman–Crippen MR) is 74.6 cm³/mol. The maximum absolute atomic E-state index is 11.0. The van der Waals surface area contributed by atoms with Crippen molar-refractivity contribution >= 4 is 30.7 Å². The summed E-state index contributed by atoms with van der Waals surface area (Å²) in [4.78, 5) is 19.7.